The van der Waals surface area contributed by atoms with Crippen LogP contribution < -0.4 is 4.90 Å². The number of hydrogen-bond acceptors (Lipinski definition) is 1. The summed E-state index contributed by atoms with van der Waals surface area (Å²) in [6.07, 6.45) is 6.63. The van der Waals surface area contributed by atoms with Crippen molar-refractivity contribution in [3.63, 3.8) is 0 Å². The van der Waals surface area contributed by atoms with Crippen molar-refractivity contribution in [3.8, 4) is 0 Å². The van der Waals surface area contributed by atoms with Gasteiger partial charge < -0.3 is 4.90 Å². The summed E-state index contributed by atoms with van der Waals surface area (Å²) in [4.78, 5) is 2.42. The molecule has 0 aromatic heterocycles. The van der Waals surface area contributed by atoms with E-state index in [9.17, 15) is 0 Å². The smallest absolute Gasteiger partial charge is 0.0404 e. The number of fused-ring (bicyclic) bond motifs is 1. The van der Waals surface area contributed by atoms with E-state index < -0.39 is 0 Å². The maximum atomic E-state index is 5.61. The first-order valence-electron chi connectivity index (χ1n) is 5.45. The highest BCUT2D eigenvalue weighted by Crippen LogP contribution is 2.26. The third-order valence-electron chi connectivity index (χ3n) is 2.79. The van der Waals surface area contributed by atoms with Gasteiger partial charge in [0, 0.05) is 24.7 Å². The van der Waals surface area contributed by atoms with E-state index in [2.05, 4.69) is 35.2 Å². The molecule has 1 heterocycles. The van der Waals surface area contributed by atoms with E-state index in [0.717, 1.165) is 13.1 Å². The Kier molecular flexibility index (Phi) is 3.68. The van der Waals surface area contributed by atoms with Crippen LogP contribution >= 0.6 is 11.6 Å². The Hall–Kier alpha value is -0.950. The Labute approximate surface area is 96.4 Å². The molecular formula is C13H16ClN. The molecule has 0 spiro atoms. The number of benzene rings is 1. The van der Waals surface area contributed by atoms with E-state index in [0.29, 0.717) is 5.88 Å². The number of para-hydroxylation sites is 1. The zero-order chi connectivity index (χ0) is 10.5. The van der Waals surface area contributed by atoms with Gasteiger partial charge in [-0.3, -0.25) is 0 Å². The Morgan fingerprint density at radius 3 is 3.00 bits per heavy atom. The van der Waals surface area contributed by atoms with Crippen LogP contribution in [0.25, 0.3) is 0 Å². The van der Waals surface area contributed by atoms with Gasteiger partial charge in [0.15, 0.2) is 0 Å². The number of halogens is 1. The first kappa shape index (κ1) is 10.6. The maximum absolute atomic E-state index is 5.61. The third kappa shape index (κ3) is 2.54. The van der Waals surface area contributed by atoms with Crippen molar-refractivity contribution in [2.75, 3.05) is 23.9 Å². The molecule has 15 heavy (non-hydrogen) atoms. The second kappa shape index (κ2) is 5.22. The lowest BCUT2D eigenvalue weighted by Gasteiger charge is -2.30. The van der Waals surface area contributed by atoms with Crippen LogP contribution in [0.1, 0.15) is 12.0 Å². The molecule has 2 rings (SSSR count). The zero-order valence-electron chi connectivity index (χ0n) is 8.82. The standard InChI is InChI=1S/C13H16ClN/c14-9-3-4-10-15-11-5-7-12-6-1-2-8-13(12)15/h1-4,6,8H,5,7,9-11H2/b4-3+. The van der Waals surface area contributed by atoms with Crippen LogP contribution in [0.5, 0.6) is 0 Å². The molecular weight excluding hydrogens is 206 g/mol. The minimum absolute atomic E-state index is 0.607. The molecule has 1 aromatic carbocycles. The fourth-order valence-electron chi connectivity index (χ4n) is 2.07. The second-order valence-electron chi connectivity index (χ2n) is 3.80. The molecule has 0 saturated carbocycles. The molecule has 0 amide bonds. The highest BCUT2D eigenvalue weighted by Gasteiger charge is 2.14. The molecule has 0 radical (unpaired) electrons. The van der Waals surface area contributed by atoms with E-state index in [1.165, 1.54) is 24.1 Å². The summed E-state index contributed by atoms with van der Waals surface area (Å²) in [7, 11) is 0. The molecule has 80 valence electrons. The summed E-state index contributed by atoms with van der Waals surface area (Å²) >= 11 is 5.61. The fourth-order valence-corrected chi connectivity index (χ4v) is 2.19. The molecule has 2 heteroatoms. The normalized spacial score (nSPS) is 15.7. The van der Waals surface area contributed by atoms with Crippen LogP contribution in [0.15, 0.2) is 36.4 Å². The van der Waals surface area contributed by atoms with Crippen molar-refractivity contribution in [1.29, 1.82) is 0 Å². The van der Waals surface area contributed by atoms with Gasteiger partial charge in [-0.25, -0.2) is 0 Å². The Balaban J connectivity index is 2.11. The molecule has 0 aliphatic carbocycles. The van der Waals surface area contributed by atoms with Gasteiger partial charge in [-0.15, -0.1) is 11.6 Å². The molecule has 0 saturated heterocycles. The molecule has 1 nitrogen and oxygen atoms in total. The van der Waals surface area contributed by atoms with Crippen molar-refractivity contribution in [2.45, 2.75) is 12.8 Å². The van der Waals surface area contributed by atoms with Crippen LogP contribution in [0.2, 0.25) is 0 Å². The lowest BCUT2D eigenvalue weighted by atomic mass is 10.0. The van der Waals surface area contributed by atoms with Crippen molar-refractivity contribution in [3.05, 3.63) is 42.0 Å². The number of hydrogen-bond donors (Lipinski definition) is 0. The van der Waals surface area contributed by atoms with Crippen molar-refractivity contribution >= 4 is 17.3 Å². The van der Waals surface area contributed by atoms with E-state index in [4.69, 9.17) is 11.6 Å². The molecule has 0 N–H and O–H groups in total. The van der Waals surface area contributed by atoms with Gasteiger partial charge in [-0.05, 0) is 24.5 Å². The van der Waals surface area contributed by atoms with Gasteiger partial charge in [0.25, 0.3) is 0 Å². The molecule has 1 aliphatic heterocycles. The average molecular weight is 222 g/mol. The van der Waals surface area contributed by atoms with Gasteiger partial charge in [0.1, 0.15) is 0 Å². The maximum Gasteiger partial charge on any atom is 0.0404 e. The average Bonchev–Trinajstić information content (AvgIpc) is 2.30. The predicted octanol–water partition coefficient (Wildman–Crippen LogP) is 3.23. The molecule has 0 atom stereocenters. The lowest BCUT2D eigenvalue weighted by Crippen LogP contribution is -2.29. The van der Waals surface area contributed by atoms with Crippen LogP contribution in [0.3, 0.4) is 0 Å². The predicted molar refractivity (Wildman–Crippen MR) is 66.8 cm³/mol. The number of anilines is 1. The minimum atomic E-state index is 0.607. The summed E-state index contributed by atoms with van der Waals surface area (Å²) in [6, 6.07) is 8.68. The molecule has 0 unspecified atom stereocenters. The van der Waals surface area contributed by atoms with Crippen LogP contribution in [-0.2, 0) is 6.42 Å². The molecule has 1 aromatic rings. The van der Waals surface area contributed by atoms with Gasteiger partial charge in [-0.1, -0.05) is 30.4 Å². The Morgan fingerprint density at radius 2 is 2.13 bits per heavy atom. The summed E-state index contributed by atoms with van der Waals surface area (Å²) in [5, 5.41) is 0. The minimum Gasteiger partial charge on any atom is -0.368 e. The third-order valence-corrected chi connectivity index (χ3v) is 2.97. The van der Waals surface area contributed by atoms with Gasteiger partial charge in [0.2, 0.25) is 0 Å². The number of aryl methyl sites for hydroxylation is 1. The van der Waals surface area contributed by atoms with Gasteiger partial charge in [0.05, 0.1) is 0 Å². The van der Waals surface area contributed by atoms with Crippen LogP contribution in [0.4, 0.5) is 5.69 Å². The quantitative estimate of drug-likeness (QED) is 0.560. The monoisotopic (exact) mass is 221 g/mol. The Bertz CT molecular complexity index is 346. The largest absolute Gasteiger partial charge is 0.368 e. The van der Waals surface area contributed by atoms with E-state index in [1.54, 1.807) is 0 Å². The second-order valence-corrected chi connectivity index (χ2v) is 4.11. The molecule has 1 aliphatic rings. The number of allylic oxidation sites excluding steroid dienone is 1. The van der Waals surface area contributed by atoms with Crippen LogP contribution in [-0.4, -0.2) is 19.0 Å². The first-order valence-corrected chi connectivity index (χ1v) is 5.99. The van der Waals surface area contributed by atoms with E-state index in [-0.39, 0.29) is 0 Å². The van der Waals surface area contributed by atoms with Gasteiger partial charge >= 0.3 is 0 Å². The highest BCUT2D eigenvalue weighted by atomic mass is 35.5. The Morgan fingerprint density at radius 1 is 1.27 bits per heavy atom. The molecule has 0 bridgehead atoms. The van der Waals surface area contributed by atoms with Crippen molar-refractivity contribution < 1.29 is 0 Å². The van der Waals surface area contributed by atoms with E-state index >= 15 is 0 Å². The van der Waals surface area contributed by atoms with Crippen molar-refractivity contribution in [1.82, 2.24) is 0 Å². The summed E-state index contributed by atoms with van der Waals surface area (Å²) in [5.74, 6) is 0.607. The lowest BCUT2D eigenvalue weighted by molar-refractivity contribution is 0.722. The van der Waals surface area contributed by atoms with E-state index in [1.807, 2.05) is 6.08 Å². The van der Waals surface area contributed by atoms with Gasteiger partial charge in [-0.2, -0.15) is 0 Å². The number of rotatable bonds is 3. The highest BCUT2D eigenvalue weighted by molar-refractivity contribution is 6.18. The summed E-state index contributed by atoms with van der Waals surface area (Å²) in [5.41, 5.74) is 2.87. The fraction of sp³-hybridized carbons (Fsp3) is 0.385. The number of alkyl halides is 1. The summed E-state index contributed by atoms with van der Waals surface area (Å²) < 4.78 is 0. The topological polar surface area (TPSA) is 3.24 Å². The molecule has 0 fully saturated rings. The number of nitrogens with zero attached hydrogens (tertiary/aromatic N) is 1. The SMILES string of the molecule is ClC/C=C/CN1CCCc2ccccc21. The van der Waals surface area contributed by atoms with Crippen LogP contribution in [0, 0.1) is 0 Å². The zero-order valence-corrected chi connectivity index (χ0v) is 9.58. The van der Waals surface area contributed by atoms with Crippen molar-refractivity contribution in [2.24, 2.45) is 0 Å². The summed E-state index contributed by atoms with van der Waals surface area (Å²) in [6.45, 7) is 2.13. The first-order chi connectivity index (χ1) is 7.42.